The Bertz CT molecular complexity index is 567. The fraction of sp³-hybridized carbons (Fsp3) is 0.231. The first-order valence-electron chi connectivity index (χ1n) is 5.66. The molecule has 1 fully saturated rings. The van der Waals surface area contributed by atoms with E-state index in [-0.39, 0.29) is 11.3 Å². The summed E-state index contributed by atoms with van der Waals surface area (Å²) in [7, 11) is 0. The number of hydrogen-bond donors (Lipinski definition) is 0. The van der Waals surface area contributed by atoms with Crippen LogP contribution in [0.15, 0.2) is 35.8 Å². The van der Waals surface area contributed by atoms with E-state index in [9.17, 15) is 4.79 Å². The predicted molar refractivity (Wildman–Crippen MR) is 76.0 cm³/mol. The van der Waals surface area contributed by atoms with Gasteiger partial charge in [-0.05, 0) is 36.1 Å². The molecular formula is C13H12N2OS2. The van der Waals surface area contributed by atoms with Crippen molar-refractivity contribution in [2.75, 3.05) is 10.7 Å². The van der Waals surface area contributed by atoms with Crippen LogP contribution in [0.25, 0.3) is 0 Å². The lowest BCUT2D eigenvalue weighted by Crippen LogP contribution is -2.28. The van der Waals surface area contributed by atoms with Gasteiger partial charge < -0.3 is 0 Å². The van der Waals surface area contributed by atoms with E-state index in [0.717, 1.165) is 5.82 Å². The number of pyridine rings is 1. The Morgan fingerprint density at radius 3 is 2.94 bits per heavy atom. The van der Waals surface area contributed by atoms with Crippen molar-refractivity contribution in [2.24, 2.45) is 0 Å². The van der Waals surface area contributed by atoms with Gasteiger partial charge in [-0.25, -0.2) is 4.98 Å². The van der Waals surface area contributed by atoms with Gasteiger partial charge in [-0.15, -0.1) is 23.1 Å². The molecule has 2 aromatic rings. The molecule has 1 unspecified atom stereocenters. The standard InChI is InChI=1S/C13H12N2OS2/c1-9-5-7-17-12(9)13-15(11(16)8-18-13)10-4-2-3-6-14-10/h2-7,13H,8H2,1H3. The maximum absolute atomic E-state index is 12.1. The lowest BCUT2D eigenvalue weighted by atomic mass is 10.2. The van der Waals surface area contributed by atoms with Gasteiger partial charge in [0.05, 0.1) is 5.75 Å². The number of nitrogens with zero attached hydrogens (tertiary/aromatic N) is 2. The van der Waals surface area contributed by atoms with Crippen LogP contribution in [0.2, 0.25) is 0 Å². The number of aromatic nitrogens is 1. The van der Waals surface area contributed by atoms with E-state index in [2.05, 4.69) is 23.4 Å². The van der Waals surface area contributed by atoms with Gasteiger partial charge in [0.25, 0.3) is 0 Å². The number of carbonyl (C=O) groups excluding carboxylic acids is 1. The molecule has 0 spiro atoms. The lowest BCUT2D eigenvalue weighted by Gasteiger charge is -2.22. The minimum absolute atomic E-state index is 0.0763. The van der Waals surface area contributed by atoms with Gasteiger partial charge in [0.1, 0.15) is 11.2 Å². The van der Waals surface area contributed by atoms with E-state index in [1.807, 2.05) is 23.1 Å². The van der Waals surface area contributed by atoms with Crippen molar-refractivity contribution in [3.63, 3.8) is 0 Å². The molecule has 1 aliphatic rings. The van der Waals surface area contributed by atoms with Crippen molar-refractivity contribution in [2.45, 2.75) is 12.3 Å². The van der Waals surface area contributed by atoms with Crippen molar-refractivity contribution >= 4 is 34.8 Å². The van der Waals surface area contributed by atoms with Crippen LogP contribution in [-0.2, 0) is 4.79 Å². The quantitative estimate of drug-likeness (QED) is 0.844. The SMILES string of the molecule is Cc1ccsc1C1SCC(=O)N1c1ccccn1. The zero-order valence-electron chi connectivity index (χ0n) is 9.87. The molecule has 18 heavy (non-hydrogen) atoms. The van der Waals surface area contributed by atoms with Crippen LogP contribution in [0.5, 0.6) is 0 Å². The number of thiophene rings is 1. The zero-order chi connectivity index (χ0) is 12.5. The van der Waals surface area contributed by atoms with Crippen LogP contribution in [0, 0.1) is 6.92 Å². The summed E-state index contributed by atoms with van der Waals surface area (Å²) in [6.07, 6.45) is 1.73. The molecule has 1 aliphatic heterocycles. The highest BCUT2D eigenvalue weighted by Crippen LogP contribution is 2.43. The minimum Gasteiger partial charge on any atom is -0.278 e. The molecule has 3 rings (SSSR count). The highest BCUT2D eigenvalue weighted by atomic mass is 32.2. The van der Waals surface area contributed by atoms with Gasteiger partial charge in [-0.2, -0.15) is 0 Å². The summed E-state index contributed by atoms with van der Waals surface area (Å²) >= 11 is 3.38. The second-order valence-electron chi connectivity index (χ2n) is 4.08. The number of carbonyl (C=O) groups is 1. The normalized spacial score (nSPS) is 19.5. The molecule has 0 radical (unpaired) electrons. The Morgan fingerprint density at radius 1 is 1.39 bits per heavy atom. The van der Waals surface area contributed by atoms with E-state index in [1.165, 1.54) is 10.4 Å². The van der Waals surface area contributed by atoms with Crippen molar-refractivity contribution in [3.05, 3.63) is 46.3 Å². The molecule has 3 heterocycles. The summed E-state index contributed by atoms with van der Waals surface area (Å²) in [5.74, 6) is 1.40. The lowest BCUT2D eigenvalue weighted by molar-refractivity contribution is -0.115. The molecule has 0 N–H and O–H groups in total. The maximum atomic E-state index is 12.1. The number of rotatable bonds is 2. The molecule has 0 bridgehead atoms. The molecule has 2 aromatic heterocycles. The Balaban J connectivity index is 2.01. The van der Waals surface area contributed by atoms with Crippen molar-refractivity contribution < 1.29 is 4.79 Å². The third-order valence-corrected chi connectivity index (χ3v) is 5.29. The van der Waals surface area contributed by atoms with E-state index in [1.54, 1.807) is 29.3 Å². The Morgan fingerprint density at radius 2 is 2.28 bits per heavy atom. The molecule has 0 saturated carbocycles. The second kappa shape index (κ2) is 4.74. The molecule has 3 nitrogen and oxygen atoms in total. The minimum atomic E-state index is 0.0763. The number of thioether (sulfide) groups is 1. The number of aryl methyl sites for hydroxylation is 1. The second-order valence-corrected chi connectivity index (χ2v) is 6.10. The average Bonchev–Trinajstić information content (AvgIpc) is 2.96. The summed E-state index contributed by atoms with van der Waals surface area (Å²) in [4.78, 5) is 19.4. The molecule has 92 valence electrons. The van der Waals surface area contributed by atoms with Gasteiger partial charge >= 0.3 is 0 Å². The molecule has 1 amide bonds. The molecule has 1 saturated heterocycles. The first-order chi connectivity index (χ1) is 8.77. The first-order valence-corrected chi connectivity index (χ1v) is 7.59. The molecule has 0 aliphatic carbocycles. The van der Waals surface area contributed by atoms with Crippen LogP contribution in [0.4, 0.5) is 5.82 Å². The van der Waals surface area contributed by atoms with Crippen molar-refractivity contribution in [1.29, 1.82) is 0 Å². The van der Waals surface area contributed by atoms with Gasteiger partial charge in [0.2, 0.25) is 5.91 Å². The van der Waals surface area contributed by atoms with Gasteiger partial charge in [0.15, 0.2) is 0 Å². The summed E-state index contributed by atoms with van der Waals surface area (Å²) in [5, 5.41) is 2.15. The number of hydrogen-bond acceptors (Lipinski definition) is 4. The van der Waals surface area contributed by atoms with E-state index < -0.39 is 0 Å². The van der Waals surface area contributed by atoms with Crippen molar-refractivity contribution in [1.82, 2.24) is 4.98 Å². The fourth-order valence-corrected chi connectivity index (χ4v) is 4.42. The number of amides is 1. The van der Waals surface area contributed by atoms with Crippen LogP contribution in [-0.4, -0.2) is 16.6 Å². The van der Waals surface area contributed by atoms with E-state index in [4.69, 9.17) is 0 Å². The summed E-state index contributed by atoms with van der Waals surface area (Å²) in [6.45, 7) is 2.09. The Hall–Kier alpha value is -1.33. The molecular weight excluding hydrogens is 264 g/mol. The maximum Gasteiger partial charge on any atom is 0.239 e. The third kappa shape index (κ3) is 1.93. The van der Waals surface area contributed by atoms with E-state index in [0.29, 0.717) is 5.75 Å². The van der Waals surface area contributed by atoms with Gasteiger partial charge in [-0.3, -0.25) is 9.69 Å². The predicted octanol–water partition coefficient (Wildman–Crippen LogP) is 3.23. The first kappa shape index (κ1) is 11.7. The topological polar surface area (TPSA) is 33.2 Å². The van der Waals surface area contributed by atoms with Crippen molar-refractivity contribution in [3.8, 4) is 0 Å². The van der Waals surface area contributed by atoms with Crippen LogP contribution < -0.4 is 4.90 Å². The highest BCUT2D eigenvalue weighted by molar-refractivity contribution is 8.01. The fourth-order valence-electron chi connectivity index (χ4n) is 2.00. The van der Waals surface area contributed by atoms with Gasteiger partial charge in [0, 0.05) is 11.1 Å². The largest absolute Gasteiger partial charge is 0.278 e. The summed E-state index contributed by atoms with van der Waals surface area (Å²) in [6, 6.07) is 7.76. The zero-order valence-corrected chi connectivity index (χ0v) is 11.5. The molecule has 0 aromatic carbocycles. The van der Waals surface area contributed by atoms with Gasteiger partial charge in [-0.1, -0.05) is 6.07 Å². The van der Waals surface area contributed by atoms with Crippen LogP contribution in [0.1, 0.15) is 15.8 Å². The van der Waals surface area contributed by atoms with Crippen LogP contribution in [0.3, 0.4) is 0 Å². The monoisotopic (exact) mass is 276 g/mol. The smallest absolute Gasteiger partial charge is 0.239 e. The Kier molecular flexibility index (Phi) is 3.09. The molecule has 1 atom stereocenters. The Labute approximate surface area is 114 Å². The summed E-state index contributed by atoms with van der Waals surface area (Å²) in [5.41, 5.74) is 1.24. The summed E-state index contributed by atoms with van der Waals surface area (Å²) < 4.78 is 0. The van der Waals surface area contributed by atoms with E-state index >= 15 is 0 Å². The average molecular weight is 276 g/mol. The highest BCUT2D eigenvalue weighted by Gasteiger charge is 2.36. The number of anilines is 1. The van der Waals surface area contributed by atoms with Crippen LogP contribution >= 0.6 is 23.1 Å². The molecule has 5 heteroatoms. The third-order valence-electron chi connectivity index (χ3n) is 2.89.